The summed E-state index contributed by atoms with van der Waals surface area (Å²) in [5.74, 6) is -1.23. The summed E-state index contributed by atoms with van der Waals surface area (Å²) in [5.41, 5.74) is 0.699. The summed E-state index contributed by atoms with van der Waals surface area (Å²) in [5, 5.41) is 7.12. The van der Waals surface area contributed by atoms with Crippen molar-refractivity contribution in [3.05, 3.63) is 23.8 Å². The molecule has 0 unspecified atom stereocenters. The van der Waals surface area contributed by atoms with Crippen LogP contribution in [0.2, 0.25) is 0 Å². The molecule has 1 aromatic rings. The number of piperazine rings is 1. The van der Waals surface area contributed by atoms with Gasteiger partial charge in [-0.25, -0.2) is 4.79 Å². The highest BCUT2D eigenvalue weighted by Gasteiger charge is 2.38. The third kappa shape index (κ3) is 5.16. The molecule has 0 aromatic heterocycles. The molecule has 3 aliphatic rings. The Morgan fingerprint density at radius 1 is 1.10 bits per heavy atom. The SMILES string of the molecule is C[C@H]1CN2CCCC[C@@H]2CN1C(=O)c1ccc2c(c1)OCCO2.O=C(O)C(F)(F)F. The van der Waals surface area contributed by atoms with Crippen LogP contribution < -0.4 is 9.47 Å². The predicted molar refractivity (Wildman–Crippen MR) is 101 cm³/mol. The van der Waals surface area contributed by atoms with Crippen molar-refractivity contribution < 1.29 is 37.3 Å². The maximum atomic E-state index is 13.0. The topological polar surface area (TPSA) is 79.3 Å². The number of nitrogens with zero attached hydrogens (tertiary/aromatic N) is 2. The summed E-state index contributed by atoms with van der Waals surface area (Å²) in [6.45, 7) is 6.28. The Morgan fingerprint density at radius 2 is 1.77 bits per heavy atom. The summed E-state index contributed by atoms with van der Waals surface area (Å²) in [6.07, 6.45) is -1.31. The number of halogens is 3. The number of carbonyl (C=O) groups is 2. The Kier molecular flexibility index (Phi) is 6.74. The molecular formula is C20H25F3N2O5. The van der Waals surface area contributed by atoms with E-state index in [-0.39, 0.29) is 11.9 Å². The van der Waals surface area contributed by atoms with Crippen molar-refractivity contribution in [2.75, 3.05) is 32.8 Å². The van der Waals surface area contributed by atoms with Crippen LogP contribution in [0.1, 0.15) is 36.5 Å². The van der Waals surface area contributed by atoms with Gasteiger partial charge in [0, 0.05) is 30.7 Å². The van der Waals surface area contributed by atoms with Gasteiger partial charge in [-0.1, -0.05) is 6.42 Å². The Hall–Kier alpha value is -2.49. The van der Waals surface area contributed by atoms with E-state index in [2.05, 4.69) is 11.8 Å². The first-order valence-corrected chi connectivity index (χ1v) is 9.91. The van der Waals surface area contributed by atoms with E-state index in [1.54, 1.807) is 0 Å². The van der Waals surface area contributed by atoms with Gasteiger partial charge in [-0.05, 0) is 44.5 Å². The zero-order chi connectivity index (χ0) is 21.9. The summed E-state index contributed by atoms with van der Waals surface area (Å²) in [6, 6.07) is 6.32. The Labute approximate surface area is 172 Å². The molecule has 0 radical (unpaired) electrons. The molecule has 2 saturated heterocycles. The number of carboxylic acid groups (broad SMARTS) is 1. The predicted octanol–water partition coefficient (Wildman–Crippen LogP) is 2.79. The lowest BCUT2D eigenvalue weighted by Gasteiger charge is -2.47. The summed E-state index contributed by atoms with van der Waals surface area (Å²) in [7, 11) is 0. The first kappa shape index (κ1) is 22.2. The first-order chi connectivity index (χ1) is 14.2. The van der Waals surface area contributed by atoms with E-state index in [0.29, 0.717) is 30.6 Å². The zero-order valence-corrected chi connectivity index (χ0v) is 16.7. The number of carboxylic acids is 1. The van der Waals surface area contributed by atoms with Gasteiger partial charge in [0.15, 0.2) is 11.5 Å². The fourth-order valence-corrected chi connectivity index (χ4v) is 3.98. The average Bonchev–Trinajstić information content (AvgIpc) is 2.72. The largest absolute Gasteiger partial charge is 0.490 e. The molecule has 7 nitrogen and oxygen atoms in total. The van der Waals surface area contributed by atoms with Crippen molar-refractivity contribution in [3.8, 4) is 11.5 Å². The van der Waals surface area contributed by atoms with Crippen LogP contribution in [0.25, 0.3) is 0 Å². The van der Waals surface area contributed by atoms with Crippen LogP contribution in [0, 0.1) is 0 Å². The summed E-state index contributed by atoms with van der Waals surface area (Å²) >= 11 is 0. The lowest BCUT2D eigenvalue weighted by molar-refractivity contribution is -0.192. The van der Waals surface area contributed by atoms with E-state index in [9.17, 15) is 18.0 Å². The molecule has 30 heavy (non-hydrogen) atoms. The molecule has 10 heteroatoms. The molecule has 0 aliphatic carbocycles. The van der Waals surface area contributed by atoms with Gasteiger partial charge in [0.1, 0.15) is 13.2 Å². The molecule has 166 valence electrons. The Bertz CT molecular complexity index is 786. The van der Waals surface area contributed by atoms with Crippen molar-refractivity contribution in [2.24, 2.45) is 0 Å². The molecule has 0 spiro atoms. The van der Waals surface area contributed by atoms with Gasteiger partial charge in [0.2, 0.25) is 0 Å². The molecule has 4 rings (SSSR count). The smallest absolute Gasteiger partial charge is 0.486 e. The van der Waals surface area contributed by atoms with Crippen molar-refractivity contribution in [3.63, 3.8) is 0 Å². The van der Waals surface area contributed by atoms with Crippen LogP contribution >= 0.6 is 0 Å². The molecule has 1 amide bonds. The summed E-state index contributed by atoms with van der Waals surface area (Å²) in [4.78, 5) is 26.5. The molecule has 2 fully saturated rings. The van der Waals surface area contributed by atoms with Crippen LogP contribution in [0.4, 0.5) is 13.2 Å². The van der Waals surface area contributed by atoms with E-state index in [0.717, 1.165) is 18.8 Å². The standard InChI is InChI=1S/C18H24N2O3.C2HF3O2/c1-13-11-19-7-3-2-4-15(19)12-20(13)18(21)14-5-6-16-17(10-14)23-9-8-22-16;3-2(4,5)1(6)7/h5-6,10,13,15H,2-4,7-9,11-12H2,1H3;(H,6,7)/t13-,15+;/m0./s1. The second-order valence-electron chi connectivity index (χ2n) is 7.61. The van der Waals surface area contributed by atoms with Gasteiger partial charge in [-0.15, -0.1) is 0 Å². The van der Waals surface area contributed by atoms with Gasteiger partial charge in [0.05, 0.1) is 0 Å². The third-order valence-electron chi connectivity index (χ3n) is 5.48. The molecule has 0 bridgehead atoms. The van der Waals surface area contributed by atoms with Crippen LogP contribution in [0.15, 0.2) is 18.2 Å². The lowest BCUT2D eigenvalue weighted by atomic mass is 9.96. The number of carbonyl (C=O) groups excluding carboxylic acids is 1. The fourth-order valence-electron chi connectivity index (χ4n) is 3.98. The van der Waals surface area contributed by atoms with Crippen molar-refractivity contribution in [1.82, 2.24) is 9.80 Å². The second kappa shape index (κ2) is 9.11. The number of fused-ring (bicyclic) bond motifs is 2. The number of hydrogen-bond acceptors (Lipinski definition) is 5. The number of rotatable bonds is 1. The van der Waals surface area contributed by atoms with Gasteiger partial charge in [0.25, 0.3) is 5.91 Å². The van der Waals surface area contributed by atoms with Gasteiger partial charge in [-0.2, -0.15) is 13.2 Å². The minimum absolute atomic E-state index is 0.111. The van der Waals surface area contributed by atoms with Crippen LogP contribution in [0.3, 0.4) is 0 Å². The highest BCUT2D eigenvalue weighted by atomic mass is 19.4. The maximum absolute atomic E-state index is 13.0. The third-order valence-corrected chi connectivity index (χ3v) is 5.48. The van der Waals surface area contributed by atoms with Crippen molar-refractivity contribution >= 4 is 11.9 Å². The zero-order valence-electron chi connectivity index (χ0n) is 16.7. The van der Waals surface area contributed by atoms with E-state index in [1.165, 1.54) is 25.8 Å². The monoisotopic (exact) mass is 430 g/mol. The highest BCUT2D eigenvalue weighted by Crippen LogP contribution is 2.32. The number of alkyl halides is 3. The minimum Gasteiger partial charge on any atom is -0.486 e. The molecule has 3 heterocycles. The van der Waals surface area contributed by atoms with Gasteiger partial charge < -0.3 is 19.5 Å². The first-order valence-electron chi connectivity index (χ1n) is 9.91. The fraction of sp³-hybridized carbons (Fsp3) is 0.600. The molecule has 1 N–H and O–H groups in total. The van der Waals surface area contributed by atoms with E-state index < -0.39 is 12.1 Å². The number of benzene rings is 1. The van der Waals surface area contributed by atoms with Crippen LogP contribution in [-0.2, 0) is 4.79 Å². The number of piperidine rings is 1. The molecule has 1 aromatic carbocycles. The number of hydrogen-bond donors (Lipinski definition) is 1. The number of amides is 1. The van der Waals surface area contributed by atoms with Crippen LogP contribution in [-0.4, -0.2) is 77.9 Å². The molecule has 2 atom stereocenters. The van der Waals surface area contributed by atoms with E-state index >= 15 is 0 Å². The normalized spacial score (nSPS) is 23.7. The number of ether oxygens (including phenoxy) is 2. The lowest BCUT2D eigenvalue weighted by Crippen LogP contribution is -2.60. The minimum atomic E-state index is -5.08. The maximum Gasteiger partial charge on any atom is 0.490 e. The molecule has 3 aliphatic heterocycles. The van der Waals surface area contributed by atoms with Crippen molar-refractivity contribution in [2.45, 2.75) is 44.4 Å². The van der Waals surface area contributed by atoms with E-state index in [4.69, 9.17) is 19.4 Å². The Morgan fingerprint density at radius 3 is 2.43 bits per heavy atom. The van der Waals surface area contributed by atoms with Gasteiger partial charge in [-0.3, -0.25) is 9.69 Å². The van der Waals surface area contributed by atoms with Crippen molar-refractivity contribution in [1.29, 1.82) is 0 Å². The summed E-state index contributed by atoms with van der Waals surface area (Å²) < 4.78 is 42.9. The molecular weight excluding hydrogens is 405 g/mol. The van der Waals surface area contributed by atoms with Crippen LogP contribution in [0.5, 0.6) is 11.5 Å². The average molecular weight is 430 g/mol. The number of aliphatic carboxylic acids is 1. The Balaban J connectivity index is 0.000000318. The quantitative estimate of drug-likeness (QED) is 0.738. The molecule has 0 saturated carbocycles. The van der Waals surface area contributed by atoms with E-state index in [1.807, 2.05) is 23.1 Å². The second-order valence-corrected chi connectivity index (χ2v) is 7.61. The highest BCUT2D eigenvalue weighted by molar-refractivity contribution is 5.95. The van der Waals surface area contributed by atoms with Gasteiger partial charge >= 0.3 is 12.1 Å².